The smallest absolute Gasteiger partial charge is 0.220 e. The van der Waals surface area contributed by atoms with Gasteiger partial charge in [0.2, 0.25) is 5.91 Å². The van der Waals surface area contributed by atoms with E-state index in [9.17, 15) is 4.79 Å². The Hall–Kier alpha value is -2.29. The molecule has 2 rings (SSSR count). The third-order valence-corrected chi connectivity index (χ3v) is 4.24. The van der Waals surface area contributed by atoms with E-state index < -0.39 is 0 Å². The molecular weight excluding hydrogens is 310 g/mol. The standard InChI is InChI=1S/C22H29NO2/c1-3-4-5-6-10-13-22(24)23-18(2)19-14-16-21(17-15-19)25-20-11-8-7-9-12-20/h7-9,11-12,14-18H,3-6,10,13H2,1-2H3,(H,23,24). The molecule has 2 aromatic carbocycles. The van der Waals surface area contributed by atoms with Gasteiger partial charge in [0.25, 0.3) is 0 Å². The Morgan fingerprint density at radius 3 is 2.24 bits per heavy atom. The molecule has 0 aliphatic carbocycles. The van der Waals surface area contributed by atoms with Gasteiger partial charge in [0, 0.05) is 6.42 Å². The fraction of sp³-hybridized carbons (Fsp3) is 0.409. The third kappa shape index (κ3) is 7.00. The first-order valence-corrected chi connectivity index (χ1v) is 9.31. The highest BCUT2D eigenvalue weighted by Crippen LogP contribution is 2.23. The van der Waals surface area contributed by atoms with Crippen LogP contribution in [-0.2, 0) is 4.79 Å². The van der Waals surface area contributed by atoms with Crippen LogP contribution >= 0.6 is 0 Å². The van der Waals surface area contributed by atoms with Crippen LogP contribution in [0.2, 0.25) is 0 Å². The van der Waals surface area contributed by atoms with E-state index in [1.54, 1.807) is 0 Å². The van der Waals surface area contributed by atoms with Crippen LogP contribution in [0.25, 0.3) is 0 Å². The van der Waals surface area contributed by atoms with Gasteiger partial charge in [-0.3, -0.25) is 4.79 Å². The number of hydrogen-bond donors (Lipinski definition) is 1. The number of benzene rings is 2. The van der Waals surface area contributed by atoms with E-state index in [0.717, 1.165) is 29.9 Å². The molecule has 25 heavy (non-hydrogen) atoms. The van der Waals surface area contributed by atoms with E-state index in [0.29, 0.717) is 6.42 Å². The van der Waals surface area contributed by atoms with Gasteiger partial charge in [-0.15, -0.1) is 0 Å². The van der Waals surface area contributed by atoms with E-state index in [1.807, 2.05) is 61.5 Å². The lowest BCUT2D eigenvalue weighted by molar-refractivity contribution is -0.121. The van der Waals surface area contributed by atoms with Gasteiger partial charge in [-0.2, -0.15) is 0 Å². The molecule has 0 bridgehead atoms. The molecule has 0 heterocycles. The molecule has 0 spiro atoms. The molecule has 0 saturated carbocycles. The average Bonchev–Trinajstić information content (AvgIpc) is 2.63. The number of amides is 1. The highest BCUT2D eigenvalue weighted by Gasteiger charge is 2.09. The van der Waals surface area contributed by atoms with Crippen molar-refractivity contribution >= 4 is 5.91 Å². The Kier molecular flexibility index (Phi) is 8.03. The van der Waals surface area contributed by atoms with E-state index in [2.05, 4.69) is 12.2 Å². The second kappa shape index (κ2) is 10.5. The molecule has 0 saturated heterocycles. The second-order valence-electron chi connectivity index (χ2n) is 6.44. The van der Waals surface area contributed by atoms with Crippen molar-refractivity contribution in [3.8, 4) is 11.5 Å². The summed E-state index contributed by atoms with van der Waals surface area (Å²) in [5.41, 5.74) is 1.08. The van der Waals surface area contributed by atoms with E-state index in [-0.39, 0.29) is 11.9 Å². The number of nitrogens with one attached hydrogen (secondary N) is 1. The zero-order chi connectivity index (χ0) is 17.9. The molecule has 0 aromatic heterocycles. The van der Waals surface area contributed by atoms with Crippen LogP contribution in [0, 0.1) is 0 Å². The van der Waals surface area contributed by atoms with Crippen molar-refractivity contribution in [1.29, 1.82) is 0 Å². The van der Waals surface area contributed by atoms with Crippen LogP contribution in [0.1, 0.15) is 64.0 Å². The Morgan fingerprint density at radius 1 is 0.920 bits per heavy atom. The molecule has 1 atom stereocenters. The van der Waals surface area contributed by atoms with Crippen molar-refractivity contribution in [2.75, 3.05) is 0 Å². The normalized spacial score (nSPS) is 11.8. The number of carbonyl (C=O) groups excluding carboxylic acids is 1. The molecular formula is C22H29NO2. The lowest BCUT2D eigenvalue weighted by atomic mass is 10.1. The number of carbonyl (C=O) groups is 1. The molecule has 0 fully saturated rings. The Bertz CT molecular complexity index is 622. The monoisotopic (exact) mass is 339 g/mol. The minimum Gasteiger partial charge on any atom is -0.457 e. The molecule has 3 heteroatoms. The van der Waals surface area contributed by atoms with Crippen LogP contribution in [0.15, 0.2) is 54.6 Å². The molecule has 1 amide bonds. The first kappa shape index (κ1) is 19.0. The highest BCUT2D eigenvalue weighted by atomic mass is 16.5. The third-order valence-electron chi connectivity index (χ3n) is 4.24. The van der Waals surface area contributed by atoms with Crippen LogP contribution in [-0.4, -0.2) is 5.91 Å². The summed E-state index contributed by atoms with van der Waals surface area (Å²) < 4.78 is 5.79. The topological polar surface area (TPSA) is 38.3 Å². The average molecular weight is 339 g/mol. The summed E-state index contributed by atoms with van der Waals surface area (Å²) in [5.74, 6) is 1.75. The maximum absolute atomic E-state index is 12.0. The molecule has 1 unspecified atom stereocenters. The second-order valence-corrected chi connectivity index (χ2v) is 6.44. The minimum atomic E-state index is 0.00826. The van der Waals surface area contributed by atoms with Crippen molar-refractivity contribution in [2.45, 2.75) is 58.4 Å². The van der Waals surface area contributed by atoms with Gasteiger partial charge in [0.05, 0.1) is 6.04 Å². The fourth-order valence-electron chi connectivity index (χ4n) is 2.74. The summed E-state index contributed by atoms with van der Waals surface area (Å²) in [4.78, 5) is 12.0. The van der Waals surface area contributed by atoms with Crippen LogP contribution < -0.4 is 10.1 Å². The van der Waals surface area contributed by atoms with Gasteiger partial charge < -0.3 is 10.1 Å². The molecule has 0 aliphatic heterocycles. The van der Waals surface area contributed by atoms with Gasteiger partial charge >= 0.3 is 0 Å². The quantitative estimate of drug-likeness (QED) is 0.538. The zero-order valence-corrected chi connectivity index (χ0v) is 15.3. The largest absolute Gasteiger partial charge is 0.457 e. The van der Waals surface area contributed by atoms with Crippen molar-refractivity contribution in [3.63, 3.8) is 0 Å². The predicted molar refractivity (Wildman–Crippen MR) is 103 cm³/mol. The predicted octanol–water partition coefficient (Wildman–Crippen LogP) is 6.02. The lowest BCUT2D eigenvalue weighted by Gasteiger charge is -2.15. The van der Waals surface area contributed by atoms with Gasteiger partial charge in [-0.05, 0) is 43.2 Å². The lowest BCUT2D eigenvalue weighted by Crippen LogP contribution is -2.26. The van der Waals surface area contributed by atoms with E-state index in [1.165, 1.54) is 19.3 Å². The zero-order valence-electron chi connectivity index (χ0n) is 15.3. The first-order chi connectivity index (χ1) is 12.2. The molecule has 0 radical (unpaired) electrons. The Labute approximate surface area is 151 Å². The van der Waals surface area contributed by atoms with Crippen molar-refractivity contribution in [2.24, 2.45) is 0 Å². The van der Waals surface area contributed by atoms with Crippen molar-refractivity contribution in [1.82, 2.24) is 5.32 Å². The Morgan fingerprint density at radius 2 is 1.56 bits per heavy atom. The van der Waals surface area contributed by atoms with Gasteiger partial charge in [-0.1, -0.05) is 62.9 Å². The van der Waals surface area contributed by atoms with Crippen LogP contribution in [0.3, 0.4) is 0 Å². The summed E-state index contributed by atoms with van der Waals surface area (Å²) in [7, 11) is 0. The molecule has 2 aromatic rings. The molecule has 134 valence electrons. The summed E-state index contributed by atoms with van der Waals surface area (Å²) in [6, 6.07) is 17.6. The summed E-state index contributed by atoms with van der Waals surface area (Å²) in [6.07, 6.45) is 6.44. The number of rotatable bonds is 10. The van der Waals surface area contributed by atoms with E-state index >= 15 is 0 Å². The van der Waals surface area contributed by atoms with Gasteiger partial charge in [0.15, 0.2) is 0 Å². The number of unbranched alkanes of at least 4 members (excludes halogenated alkanes) is 4. The SMILES string of the molecule is CCCCCCCC(=O)NC(C)c1ccc(Oc2ccccc2)cc1. The fourth-order valence-corrected chi connectivity index (χ4v) is 2.74. The highest BCUT2D eigenvalue weighted by molar-refractivity contribution is 5.76. The maximum atomic E-state index is 12.0. The van der Waals surface area contributed by atoms with Crippen LogP contribution in [0.4, 0.5) is 0 Å². The van der Waals surface area contributed by atoms with Crippen molar-refractivity contribution in [3.05, 3.63) is 60.2 Å². The molecule has 3 nitrogen and oxygen atoms in total. The minimum absolute atomic E-state index is 0.00826. The maximum Gasteiger partial charge on any atom is 0.220 e. The summed E-state index contributed by atoms with van der Waals surface area (Å²) in [6.45, 7) is 4.21. The molecule has 0 aliphatic rings. The number of ether oxygens (including phenoxy) is 1. The number of hydrogen-bond acceptors (Lipinski definition) is 2. The number of para-hydroxylation sites is 1. The Balaban J connectivity index is 1.77. The van der Waals surface area contributed by atoms with Crippen molar-refractivity contribution < 1.29 is 9.53 Å². The summed E-state index contributed by atoms with van der Waals surface area (Å²) in [5, 5.41) is 3.08. The van der Waals surface area contributed by atoms with Gasteiger partial charge in [-0.25, -0.2) is 0 Å². The summed E-state index contributed by atoms with van der Waals surface area (Å²) >= 11 is 0. The van der Waals surface area contributed by atoms with Gasteiger partial charge in [0.1, 0.15) is 11.5 Å². The molecule has 1 N–H and O–H groups in total. The van der Waals surface area contributed by atoms with Crippen LogP contribution in [0.5, 0.6) is 11.5 Å². The first-order valence-electron chi connectivity index (χ1n) is 9.31. The van der Waals surface area contributed by atoms with E-state index in [4.69, 9.17) is 4.74 Å².